The summed E-state index contributed by atoms with van der Waals surface area (Å²) in [6.45, 7) is 9.57. The highest BCUT2D eigenvalue weighted by atomic mass is 16.5. The molecule has 1 unspecified atom stereocenters. The Morgan fingerprint density at radius 1 is 1.12 bits per heavy atom. The first-order chi connectivity index (χ1) is 11.1. The molecule has 0 radical (unpaired) electrons. The molecule has 4 nitrogen and oxygen atoms in total. The van der Waals surface area contributed by atoms with Gasteiger partial charge in [-0.25, -0.2) is 0 Å². The van der Waals surface area contributed by atoms with Crippen molar-refractivity contribution >= 4 is 5.91 Å². The SMILES string of the molecule is CN(C)C1CN(C(=O)C23CC(C(C)(C)C)(C2)C3)C2(CCOCC2)C1. The van der Waals surface area contributed by atoms with E-state index in [1.54, 1.807) is 0 Å². The molecular formula is C20H34N2O2. The molecule has 0 N–H and O–H groups in total. The van der Waals surface area contributed by atoms with E-state index in [0.717, 1.165) is 58.3 Å². The number of ether oxygens (including phenoxy) is 1. The Kier molecular flexibility index (Phi) is 3.49. The van der Waals surface area contributed by atoms with Crippen LogP contribution in [0.1, 0.15) is 59.3 Å². The van der Waals surface area contributed by atoms with Crippen LogP contribution in [0.25, 0.3) is 0 Å². The molecular weight excluding hydrogens is 300 g/mol. The number of carbonyl (C=O) groups is 1. The molecule has 1 atom stereocenters. The molecule has 2 aliphatic heterocycles. The van der Waals surface area contributed by atoms with Gasteiger partial charge in [-0.2, -0.15) is 0 Å². The zero-order chi connectivity index (χ0) is 17.4. The van der Waals surface area contributed by atoms with Gasteiger partial charge in [0.25, 0.3) is 0 Å². The summed E-state index contributed by atoms with van der Waals surface area (Å²) in [4.78, 5) is 18.2. The number of likely N-dealkylation sites (tertiary alicyclic amines) is 1. The van der Waals surface area contributed by atoms with E-state index in [0.29, 0.717) is 22.8 Å². The van der Waals surface area contributed by atoms with Crippen LogP contribution in [-0.4, -0.2) is 61.1 Å². The fourth-order valence-electron chi connectivity index (χ4n) is 5.98. The van der Waals surface area contributed by atoms with Crippen molar-refractivity contribution in [2.24, 2.45) is 16.2 Å². The summed E-state index contributed by atoms with van der Waals surface area (Å²) in [5.74, 6) is 0.472. The normalized spacial score (nSPS) is 40.6. The van der Waals surface area contributed by atoms with Crippen molar-refractivity contribution in [3.05, 3.63) is 0 Å². The molecule has 0 aromatic carbocycles. The monoisotopic (exact) mass is 334 g/mol. The van der Waals surface area contributed by atoms with Crippen molar-refractivity contribution in [2.45, 2.75) is 70.9 Å². The van der Waals surface area contributed by atoms with Gasteiger partial charge in [0, 0.05) is 31.3 Å². The highest BCUT2D eigenvalue weighted by Gasteiger charge is 2.76. The fraction of sp³-hybridized carbons (Fsp3) is 0.950. The lowest BCUT2D eigenvalue weighted by Crippen LogP contribution is -2.73. The molecule has 1 amide bonds. The Balaban J connectivity index is 1.53. The van der Waals surface area contributed by atoms with Crippen LogP contribution in [0.4, 0.5) is 0 Å². The van der Waals surface area contributed by atoms with Gasteiger partial charge in [-0.3, -0.25) is 4.79 Å². The van der Waals surface area contributed by atoms with E-state index in [9.17, 15) is 4.79 Å². The number of hydrogen-bond donors (Lipinski definition) is 0. The van der Waals surface area contributed by atoms with Gasteiger partial charge in [0.2, 0.25) is 5.91 Å². The Labute approximate surface area is 146 Å². The maximum Gasteiger partial charge on any atom is 0.229 e. The van der Waals surface area contributed by atoms with Crippen LogP contribution in [0, 0.1) is 16.2 Å². The Hall–Kier alpha value is -0.610. The average molecular weight is 335 g/mol. The number of nitrogens with zero attached hydrogens (tertiary/aromatic N) is 2. The van der Waals surface area contributed by atoms with E-state index in [2.05, 4.69) is 44.7 Å². The van der Waals surface area contributed by atoms with Crippen LogP contribution in [0.15, 0.2) is 0 Å². The Morgan fingerprint density at radius 3 is 2.21 bits per heavy atom. The van der Waals surface area contributed by atoms with Crippen LogP contribution in [-0.2, 0) is 9.53 Å². The number of carbonyl (C=O) groups excluding carboxylic acids is 1. The molecule has 3 saturated carbocycles. The predicted octanol–water partition coefficient (Wildman–Crippen LogP) is 2.91. The summed E-state index contributed by atoms with van der Waals surface area (Å²) in [6.07, 6.45) is 6.52. The second-order valence-corrected chi connectivity index (χ2v) is 10.4. The molecule has 24 heavy (non-hydrogen) atoms. The van der Waals surface area contributed by atoms with Crippen molar-refractivity contribution in [3.63, 3.8) is 0 Å². The van der Waals surface area contributed by atoms with Gasteiger partial charge in [0.15, 0.2) is 0 Å². The molecule has 1 spiro atoms. The first kappa shape index (κ1) is 16.8. The molecule has 2 heterocycles. The number of likely N-dealkylation sites (N-methyl/N-ethyl adjacent to an activating group) is 1. The molecule has 4 heteroatoms. The Morgan fingerprint density at radius 2 is 1.71 bits per heavy atom. The number of amides is 1. The Bertz CT molecular complexity index is 523. The summed E-state index contributed by atoms with van der Waals surface area (Å²) >= 11 is 0. The van der Waals surface area contributed by atoms with Crippen LogP contribution >= 0.6 is 0 Å². The van der Waals surface area contributed by atoms with Gasteiger partial charge in [-0.05, 0) is 63.5 Å². The van der Waals surface area contributed by atoms with Crippen LogP contribution < -0.4 is 0 Å². The van der Waals surface area contributed by atoms with Crippen LogP contribution in [0.3, 0.4) is 0 Å². The molecule has 2 saturated heterocycles. The van der Waals surface area contributed by atoms with Gasteiger partial charge < -0.3 is 14.5 Å². The quantitative estimate of drug-likeness (QED) is 0.778. The first-order valence-electron chi connectivity index (χ1n) is 9.70. The van der Waals surface area contributed by atoms with E-state index in [1.807, 2.05) is 0 Å². The molecule has 0 aromatic rings. The van der Waals surface area contributed by atoms with Gasteiger partial charge >= 0.3 is 0 Å². The summed E-state index contributed by atoms with van der Waals surface area (Å²) in [7, 11) is 4.31. The zero-order valence-electron chi connectivity index (χ0n) is 16.2. The van der Waals surface area contributed by atoms with Gasteiger partial charge in [-0.15, -0.1) is 0 Å². The van der Waals surface area contributed by atoms with E-state index in [4.69, 9.17) is 4.74 Å². The summed E-state index contributed by atoms with van der Waals surface area (Å²) in [5, 5.41) is 0. The van der Waals surface area contributed by atoms with Gasteiger partial charge in [0.1, 0.15) is 0 Å². The second kappa shape index (κ2) is 4.97. The van der Waals surface area contributed by atoms with Crippen molar-refractivity contribution in [3.8, 4) is 0 Å². The minimum absolute atomic E-state index is 0.0141. The summed E-state index contributed by atoms with van der Waals surface area (Å²) in [6, 6.07) is 0.496. The van der Waals surface area contributed by atoms with E-state index in [1.165, 1.54) is 0 Å². The fourth-order valence-corrected chi connectivity index (χ4v) is 5.98. The van der Waals surface area contributed by atoms with Crippen molar-refractivity contribution < 1.29 is 9.53 Å². The smallest absolute Gasteiger partial charge is 0.229 e. The zero-order valence-corrected chi connectivity index (χ0v) is 16.2. The topological polar surface area (TPSA) is 32.8 Å². The molecule has 0 aromatic heterocycles. The average Bonchev–Trinajstić information content (AvgIpc) is 2.74. The van der Waals surface area contributed by atoms with Crippen molar-refractivity contribution in [1.29, 1.82) is 0 Å². The maximum atomic E-state index is 13.6. The minimum Gasteiger partial charge on any atom is -0.381 e. The van der Waals surface area contributed by atoms with Crippen molar-refractivity contribution in [1.82, 2.24) is 9.80 Å². The third-order valence-electron chi connectivity index (χ3n) is 8.06. The van der Waals surface area contributed by atoms with Gasteiger partial charge in [0.05, 0.1) is 5.41 Å². The lowest BCUT2D eigenvalue weighted by Gasteiger charge is -2.75. The molecule has 5 fully saturated rings. The first-order valence-corrected chi connectivity index (χ1v) is 9.70. The largest absolute Gasteiger partial charge is 0.381 e. The highest BCUT2D eigenvalue weighted by molar-refractivity contribution is 5.87. The molecule has 3 aliphatic carbocycles. The molecule has 136 valence electrons. The van der Waals surface area contributed by atoms with Crippen LogP contribution in [0.2, 0.25) is 0 Å². The number of hydrogen-bond acceptors (Lipinski definition) is 3. The molecule has 5 rings (SSSR count). The maximum absolute atomic E-state index is 13.6. The van der Waals surface area contributed by atoms with E-state index < -0.39 is 0 Å². The number of rotatable bonds is 2. The van der Waals surface area contributed by atoms with E-state index >= 15 is 0 Å². The lowest BCUT2D eigenvalue weighted by molar-refractivity contribution is -0.257. The van der Waals surface area contributed by atoms with Gasteiger partial charge in [-0.1, -0.05) is 20.8 Å². The third-order valence-corrected chi connectivity index (χ3v) is 8.06. The minimum atomic E-state index is -0.0141. The molecule has 5 aliphatic rings. The van der Waals surface area contributed by atoms with E-state index in [-0.39, 0.29) is 11.0 Å². The standard InChI is InChI=1S/C20H34N2O2/c1-17(2,3)19-12-18(13-19,14-19)16(23)22-11-15(21(4)5)10-20(22)6-8-24-9-7-20/h15H,6-14H2,1-5H3. The second-order valence-electron chi connectivity index (χ2n) is 10.4. The third kappa shape index (κ3) is 2.08. The predicted molar refractivity (Wildman–Crippen MR) is 94.8 cm³/mol. The summed E-state index contributed by atoms with van der Waals surface area (Å²) in [5.41, 5.74) is 0.823. The summed E-state index contributed by atoms with van der Waals surface area (Å²) < 4.78 is 5.62. The molecule has 2 bridgehead atoms. The van der Waals surface area contributed by atoms with Crippen molar-refractivity contribution in [2.75, 3.05) is 33.9 Å². The lowest BCUT2D eigenvalue weighted by atomic mass is 9.29. The highest BCUT2D eigenvalue weighted by Crippen LogP contribution is 2.79. The van der Waals surface area contributed by atoms with Crippen LogP contribution in [0.5, 0.6) is 0 Å².